The van der Waals surface area contributed by atoms with Gasteiger partial charge in [0.2, 0.25) is 0 Å². The van der Waals surface area contributed by atoms with Gasteiger partial charge in [0.15, 0.2) is 5.75 Å². The van der Waals surface area contributed by atoms with Crippen molar-refractivity contribution in [2.45, 2.75) is 19.2 Å². The first-order valence-corrected chi connectivity index (χ1v) is 8.98. The van der Waals surface area contributed by atoms with Crippen molar-refractivity contribution in [2.24, 2.45) is 0 Å². The molecule has 0 spiro atoms. The highest BCUT2D eigenvalue weighted by molar-refractivity contribution is 5.49. The zero-order chi connectivity index (χ0) is 19.3. The normalized spacial score (nSPS) is 15.7. The van der Waals surface area contributed by atoms with Gasteiger partial charge < -0.3 is 9.64 Å². The quantitative estimate of drug-likeness (QED) is 0.742. The summed E-state index contributed by atoms with van der Waals surface area (Å²) in [6.07, 6.45) is -2.89. The van der Waals surface area contributed by atoms with Crippen LogP contribution in [0.5, 0.6) is 11.5 Å². The number of hydrogen-bond acceptors (Lipinski definition) is 3. The Morgan fingerprint density at radius 3 is 2.11 bits per heavy atom. The van der Waals surface area contributed by atoms with E-state index in [1.165, 1.54) is 12.1 Å². The summed E-state index contributed by atoms with van der Waals surface area (Å²) in [5.74, 6) is -0.164. The molecule has 0 bridgehead atoms. The van der Waals surface area contributed by atoms with Gasteiger partial charge in [0.05, 0.1) is 0 Å². The fraction of sp³-hybridized carbons (Fsp3) is 0.400. The molecule has 7 heteroatoms. The fourth-order valence-electron chi connectivity index (χ4n) is 3.25. The van der Waals surface area contributed by atoms with Gasteiger partial charge in [0.1, 0.15) is 5.75 Å². The van der Waals surface area contributed by atoms with E-state index in [1.54, 1.807) is 24.3 Å². The molecule has 1 aliphatic heterocycles. The molecule has 0 unspecified atom stereocenters. The standard InChI is InChI=1S/C20H22F3N2O2/c21-20(22,23)27-19-9-3-16(4-10-19)2-1-11-24-12-14-25(15-13-24)17-5-7-18(26)8-6-17/h3-10H,1-2,11-15H2. The fourth-order valence-corrected chi connectivity index (χ4v) is 3.25. The number of rotatable bonds is 6. The van der Waals surface area contributed by atoms with Crippen LogP contribution in [0.3, 0.4) is 0 Å². The molecule has 2 aromatic rings. The minimum atomic E-state index is -4.65. The number of anilines is 1. The lowest BCUT2D eigenvalue weighted by atomic mass is 10.1. The molecule has 1 aliphatic rings. The van der Waals surface area contributed by atoms with E-state index < -0.39 is 6.36 Å². The van der Waals surface area contributed by atoms with Crippen molar-refractivity contribution in [3.63, 3.8) is 0 Å². The van der Waals surface area contributed by atoms with Crippen LogP contribution < -0.4 is 9.64 Å². The molecule has 1 saturated heterocycles. The van der Waals surface area contributed by atoms with Crippen molar-refractivity contribution in [3.05, 3.63) is 54.1 Å². The van der Waals surface area contributed by atoms with E-state index in [9.17, 15) is 18.3 Å². The minimum Gasteiger partial charge on any atom is -0.406 e. The lowest BCUT2D eigenvalue weighted by Crippen LogP contribution is -2.46. The van der Waals surface area contributed by atoms with Gasteiger partial charge in [0.25, 0.3) is 0 Å². The molecule has 1 fully saturated rings. The number of halogens is 3. The lowest BCUT2D eigenvalue weighted by molar-refractivity contribution is -0.274. The van der Waals surface area contributed by atoms with E-state index >= 15 is 0 Å². The van der Waals surface area contributed by atoms with E-state index in [4.69, 9.17) is 0 Å². The number of ether oxygens (including phenoxy) is 1. The average Bonchev–Trinajstić information content (AvgIpc) is 2.63. The lowest BCUT2D eigenvalue weighted by Gasteiger charge is -2.36. The number of benzene rings is 2. The maximum atomic E-state index is 12.2. The van der Waals surface area contributed by atoms with Crippen LogP contribution in [0.25, 0.3) is 0 Å². The molecule has 0 saturated carbocycles. The second kappa shape index (κ2) is 8.52. The Balaban J connectivity index is 1.38. The molecule has 2 aromatic carbocycles. The Hall–Kier alpha value is -2.41. The molecular weight excluding hydrogens is 357 g/mol. The van der Waals surface area contributed by atoms with E-state index in [2.05, 4.69) is 14.5 Å². The van der Waals surface area contributed by atoms with Crippen LogP contribution in [0.15, 0.2) is 48.5 Å². The summed E-state index contributed by atoms with van der Waals surface area (Å²) in [6.45, 7) is 4.70. The molecule has 1 radical (unpaired) electrons. The number of aryl methyl sites for hydroxylation is 1. The summed E-state index contributed by atoms with van der Waals surface area (Å²) in [4.78, 5) is 4.66. The number of hydrogen-bond donors (Lipinski definition) is 0. The summed E-state index contributed by atoms with van der Waals surface area (Å²) in [5.41, 5.74) is 2.08. The Morgan fingerprint density at radius 1 is 0.889 bits per heavy atom. The molecule has 27 heavy (non-hydrogen) atoms. The van der Waals surface area contributed by atoms with Gasteiger partial charge in [-0.2, -0.15) is 0 Å². The van der Waals surface area contributed by atoms with Crippen molar-refractivity contribution >= 4 is 5.69 Å². The van der Waals surface area contributed by atoms with E-state index in [0.717, 1.165) is 56.8 Å². The SMILES string of the molecule is [O]c1ccc(N2CCN(CCCc3ccc(OC(F)(F)F)cc3)CC2)cc1. The summed E-state index contributed by atoms with van der Waals surface area (Å²) in [7, 11) is 0. The van der Waals surface area contributed by atoms with Gasteiger partial charge in [0, 0.05) is 31.9 Å². The predicted molar refractivity (Wildman–Crippen MR) is 96.7 cm³/mol. The summed E-state index contributed by atoms with van der Waals surface area (Å²) in [6, 6.07) is 13.0. The van der Waals surface area contributed by atoms with Crippen LogP contribution in [-0.2, 0) is 11.5 Å². The van der Waals surface area contributed by atoms with E-state index in [1.807, 2.05) is 12.1 Å². The minimum absolute atomic E-state index is 0.0235. The number of nitrogens with zero attached hydrogens (tertiary/aromatic N) is 2. The van der Waals surface area contributed by atoms with E-state index in [-0.39, 0.29) is 11.5 Å². The van der Waals surface area contributed by atoms with Crippen LogP contribution >= 0.6 is 0 Å². The first-order chi connectivity index (χ1) is 12.9. The second-order valence-corrected chi connectivity index (χ2v) is 6.62. The van der Waals surface area contributed by atoms with Crippen molar-refractivity contribution < 1.29 is 23.0 Å². The van der Waals surface area contributed by atoms with Crippen LogP contribution in [0.2, 0.25) is 0 Å². The van der Waals surface area contributed by atoms with Crippen LogP contribution in [-0.4, -0.2) is 44.0 Å². The van der Waals surface area contributed by atoms with Gasteiger partial charge in [-0.05, 0) is 61.3 Å². The maximum Gasteiger partial charge on any atom is 0.573 e. The zero-order valence-electron chi connectivity index (χ0n) is 14.9. The van der Waals surface area contributed by atoms with Crippen LogP contribution in [0.1, 0.15) is 12.0 Å². The molecule has 4 nitrogen and oxygen atoms in total. The summed E-state index contributed by atoms with van der Waals surface area (Å²) in [5, 5.41) is 11.2. The highest BCUT2D eigenvalue weighted by Gasteiger charge is 2.30. The smallest absolute Gasteiger partial charge is 0.406 e. The second-order valence-electron chi connectivity index (χ2n) is 6.62. The Kier molecular flexibility index (Phi) is 6.11. The van der Waals surface area contributed by atoms with Gasteiger partial charge >= 0.3 is 6.36 Å². The number of alkyl halides is 3. The summed E-state index contributed by atoms with van der Waals surface area (Å²) < 4.78 is 40.4. The van der Waals surface area contributed by atoms with Gasteiger partial charge in [-0.3, -0.25) is 10.0 Å². The predicted octanol–water partition coefficient (Wildman–Crippen LogP) is 4.48. The first-order valence-electron chi connectivity index (χ1n) is 8.98. The molecule has 0 aromatic heterocycles. The van der Waals surface area contributed by atoms with Gasteiger partial charge in [-0.15, -0.1) is 13.2 Å². The van der Waals surface area contributed by atoms with Crippen molar-refractivity contribution in [1.82, 2.24) is 4.90 Å². The first kappa shape index (κ1) is 19.4. The largest absolute Gasteiger partial charge is 0.573 e. The average molecular weight is 379 g/mol. The molecule has 0 atom stereocenters. The summed E-state index contributed by atoms with van der Waals surface area (Å²) >= 11 is 0. The molecular formula is C20H22F3N2O2. The van der Waals surface area contributed by atoms with Crippen molar-refractivity contribution in [1.29, 1.82) is 0 Å². The molecule has 0 amide bonds. The highest BCUT2D eigenvalue weighted by atomic mass is 19.4. The molecule has 145 valence electrons. The van der Waals surface area contributed by atoms with Crippen LogP contribution in [0.4, 0.5) is 18.9 Å². The van der Waals surface area contributed by atoms with Crippen LogP contribution in [0, 0.1) is 0 Å². The molecule has 0 aliphatic carbocycles. The monoisotopic (exact) mass is 379 g/mol. The van der Waals surface area contributed by atoms with Gasteiger partial charge in [-0.1, -0.05) is 12.1 Å². The maximum absolute atomic E-state index is 12.2. The molecule has 3 rings (SSSR count). The third-order valence-corrected chi connectivity index (χ3v) is 4.67. The molecule has 0 N–H and O–H groups in total. The Morgan fingerprint density at radius 2 is 1.52 bits per heavy atom. The van der Waals surface area contributed by atoms with Crippen molar-refractivity contribution in [2.75, 3.05) is 37.6 Å². The third kappa shape index (κ3) is 6.06. The Bertz CT molecular complexity index is 710. The third-order valence-electron chi connectivity index (χ3n) is 4.67. The van der Waals surface area contributed by atoms with Gasteiger partial charge in [-0.25, -0.2) is 0 Å². The molecule has 1 heterocycles. The highest BCUT2D eigenvalue weighted by Crippen LogP contribution is 2.23. The van der Waals surface area contributed by atoms with E-state index in [0.29, 0.717) is 0 Å². The number of piperazine rings is 1. The topological polar surface area (TPSA) is 35.6 Å². The van der Waals surface area contributed by atoms with Crippen molar-refractivity contribution in [3.8, 4) is 11.5 Å². The Labute approximate surface area is 156 Å². The zero-order valence-corrected chi connectivity index (χ0v) is 14.9.